The van der Waals surface area contributed by atoms with Crippen molar-refractivity contribution in [1.29, 1.82) is 5.26 Å². The number of pyridine rings is 1. The van der Waals surface area contributed by atoms with Crippen LogP contribution in [0.4, 0.5) is 10.1 Å². The molecule has 1 aliphatic heterocycles. The molecule has 10 nitrogen and oxygen atoms in total. The van der Waals surface area contributed by atoms with E-state index in [4.69, 9.17) is 9.15 Å². The molecule has 7 rings (SSSR count). The van der Waals surface area contributed by atoms with Crippen LogP contribution in [0.3, 0.4) is 0 Å². The van der Waals surface area contributed by atoms with E-state index in [-0.39, 0.29) is 29.3 Å². The molecule has 0 saturated heterocycles. The van der Waals surface area contributed by atoms with E-state index in [1.807, 2.05) is 22.8 Å². The van der Waals surface area contributed by atoms with Crippen LogP contribution in [-0.4, -0.2) is 44.2 Å². The lowest BCUT2D eigenvalue weighted by atomic mass is 9.99. The largest absolute Gasteiger partial charge is 0.470 e. The highest BCUT2D eigenvalue weighted by Crippen LogP contribution is 2.44. The van der Waals surface area contributed by atoms with Gasteiger partial charge < -0.3 is 19.0 Å². The van der Waals surface area contributed by atoms with Gasteiger partial charge in [0.05, 0.1) is 52.2 Å². The van der Waals surface area contributed by atoms with Crippen molar-refractivity contribution >= 4 is 43.5 Å². The summed E-state index contributed by atoms with van der Waals surface area (Å²) in [6, 6.07) is 20.2. The minimum atomic E-state index is -3.74. The third-order valence-electron chi connectivity index (χ3n) is 8.04. The first kappa shape index (κ1) is 28.1. The molecule has 1 N–H and O–H groups in total. The van der Waals surface area contributed by atoms with Crippen molar-refractivity contribution in [3.8, 4) is 45.7 Å². The topological polar surface area (TPSA) is 130 Å². The number of carbonyl (C=O) groups is 1. The average Bonchev–Trinajstić information content (AvgIpc) is 3.61. The standard InChI is InChI=1S/C33H24FN5O5S/c1-36-33(40)31-24-11-22(27(38(2)45(3,41)42)14-29(24)44-32(31)18-7-9-20(34)10-8-18)25-12-23-28-13-21-19(15-35)5-4-6-26(21)39(28)17-43-30(23)16-37-25/h4-14,16H,17H2,1-3H3,(H,36,40). The number of aromatic nitrogens is 2. The maximum absolute atomic E-state index is 13.7. The highest BCUT2D eigenvalue weighted by atomic mass is 32.2. The number of hydrogen-bond donors (Lipinski definition) is 1. The van der Waals surface area contributed by atoms with Gasteiger partial charge in [0.15, 0.2) is 6.73 Å². The Morgan fingerprint density at radius 3 is 2.58 bits per heavy atom. The highest BCUT2D eigenvalue weighted by molar-refractivity contribution is 7.92. The van der Waals surface area contributed by atoms with E-state index in [2.05, 4.69) is 16.4 Å². The van der Waals surface area contributed by atoms with Crippen LogP contribution in [0.15, 0.2) is 77.3 Å². The number of halogens is 1. The van der Waals surface area contributed by atoms with Crippen molar-refractivity contribution in [2.24, 2.45) is 0 Å². The van der Waals surface area contributed by atoms with Gasteiger partial charge in [0.25, 0.3) is 5.91 Å². The number of ether oxygens (including phenoxy) is 1. The van der Waals surface area contributed by atoms with E-state index in [1.54, 1.807) is 30.5 Å². The van der Waals surface area contributed by atoms with E-state index in [1.165, 1.54) is 38.4 Å². The Labute approximate surface area is 256 Å². The van der Waals surface area contributed by atoms with Crippen LogP contribution in [0.25, 0.3) is 55.7 Å². The van der Waals surface area contributed by atoms with Gasteiger partial charge in [-0.05, 0) is 54.6 Å². The lowest BCUT2D eigenvalue weighted by molar-refractivity contribution is 0.0964. The fraction of sp³-hybridized carbons (Fsp3) is 0.121. The lowest BCUT2D eigenvalue weighted by Crippen LogP contribution is -2.25. The first-order valence-electron chi connectivity index (χ1n) is 13.8. The van der Waals surface area contributed by atoms with Crippen LogP contribution < -0.4 is 14.4 Å². The van der Waals surface area contributed by atoms with Gasteiger partial charge in [-0.15, -0.1) is 0 Å². The van der Waals surface area contributed by atoms with Crippen molar-refractivity contribution in [3.63, 3.8) is 0 Å². The van der Waals surface area contributed by atoms with Crippen LogP contribution >= 0.6 is 0 Å². The molecule has 1 aliphatic rings. The number of nitrogens with zero attached hydrogens (tertiary/aromatic N) is 4. The van der Waals surface area contributed by atoms with Crippen LogP contribution in [0.2, 0.25) is 0 Å². The number of carbonyl (C=O) groups excluding carboxylic acids is 1. The summed E-state index contributed by atoms with van der Waals surface area (Å²) in [6.45, 7) is 0.229. The normalized spacial score (nSPS) is 12.3. The molecule has 0 bridgehead atoms. The van der Waals surface area contributed by atoms with Gasteiger partial charge in [-0.2, -0.15) is 5.26 Å². The van der Waals surface area contributed by atoms with Gasteiger partial charge in [0, 0.05) is 47.6 Å². The highest BCUT2D eigenvalue weighted by Gasteiger charge is 2.28. The molecule has 0 radical (unpaired) electrons. The smallest absolute Gasteiger partial charge is 0.255 e. The van der Waals surface area contributed by atoms with Crippen LogP contribution in [0.5, 0.6) is 5.75 Å². The molecule has 0 aliphatic carbocycles. The number of fused-ring (bicyclic) bond motifs is 6. The SMILES string of the molecule is CNC(=O)c1c(-c2ccc(F)cc2)oc2cc(N(C)S(C)(=O)=O)c(-c3cc4c(cn3)OCn3c-4cc4c(C#N)cccc43)cc12. The Morgan fingerprint density at radius 1 is 1.09 bits per heavy atom. The molecular formula is C33H24FN5O5S. The second kappa shape index (κ2) is 10.2. The first-order chi connectivity index (χ1) is 21.6. The van der Waals surface area contributed by atoms with E-state index in [0.717, 1.165) is 27.2 Å². The minimum absolute atomic E-state index is 0.207. The molecule has 0 unspecified atom stereocenters. The molecule has 12 heteroatoms. The number of hydrogen-bond acceptors (Lipinski definition) is 7. The number of rotatable bonds is 5. The van der Waals surface area contributed by atoms with Crippen LogP contribution in [0, 0.1) is 17.1 Å². The van der Waals surface area contributed by atoms with E-state index in [0.29, 0.717) is 39.1 Å². The molecule has 45 heavy (non-hydrogen) atoms. The molecule has 224 valence electrons. The molecule has 0 saturated carbocycles. The van der Waals surface area contributed by atoms with Crippen molar-refractivity contribution in [2.75, 3.05) is 24.7 Å². The number of anilines is 1. The summed E-state index contributed by atoms with van der Waals surface area (Å²) in [5, 5.41) is 13.5. The molecule has 0 fully saturated rings. The van der Waals surface area contributed by atoms with Gasteiger partial charge in [0.1, 0.15) is 22.9 Å². The number of nitrogens with one attached hydrogen (secondary N) is 1. The molecular weight excluding hydrogens is 597 g/mol. The molecule has 0 atom stereocenters. The summed E-state index contributed by atoms with van der Waals surface area (Å²) in [4.78, 5) is 17.9. The third-order valence-corrected chi connectivity index (χ3v) is 9.23. The Hall–Kier alpha value is -5.67. The van der Waals surface area contributed by atoms with Crippen molar-refractivity contribution in [1.82, 2.24) is 14.9 Å². The van der Waals surface area contributed by atoms with E-state index < -0.39 is 21.7 Å². The fourth-order valence-corrected chi connectivity index (χ4v) is 6.22. The van der Waals surface area contributed by atoms with Gasteiger partial charge in [-0.1, -0.05) is 6.07 Å². The Kier molecular flexibility index (Phi) is 6.38. The first-order valence-corrected chi connectivity index (χ1v) is 15.6. The quantitative estimate of drug-likeness (QED) is 0.254. The van der Waals surface area contributed by atoms with Crippen molar-refractivity contribution in [3.05, 3.63) is 89.9 Å². The lowest BCUT2D eigenvalue weighted by Gasteiger charge is -2.23. The zero-order chi connectivity index (χ0) is 31.6. The van der Waals surface area contributed by atoms with Gasteiger partial charge in [-0.3, -0.25) is 14.1 Å². The summed E-state index contributed by atoms with van der Waals surface area (Å²) in [5.41, 5.74) is 4.92. The zero-order valence-corrected chi connectivity index (χ0v) is 25.1. The van der Waals surface area contributed by atoms with Crippen molar-refractivity contribution in [2.45, 2.75) is 6.73 Å². The third kappa shape index (κ3) is 4.47. The number of benzene rings is 3. The number of sulfonamides is 1. The molecule has 0 spiro atoms. The number of nitriles is 1. The molecule has 3 aromatic heterocycles. The predicted octanol–water partition coefficient (Wildman–Crippen LogP) is 5.90. The maximum atomic E-state index is 13.7. The summed E-state index contributed by atoms with van der Waals surface area (Å²) < 4.78 is 54.6. The second-order valence-corrected chi connectivity index (χ2v) is 12.6. The summed E-state index contributed by atoms with van der Waals surface area (Å²) in [6.07, 6.45) is 2.66. The molecule has 3 aromatic carbocycles. The molecule has 4 heterocycles. The van der Waals surface area contributed by atoms with E-state index in [9.17, 15) is 22.9 Å². The van der Waals surface area contributed by atoms with Crippen LogP contribution in [0.1, 0.15) is 15.9 Å². The number of furan rings is 1. The molecule has 6 aromatic rings. The van der Waals surface area contributed by atoms with Gasteiger partial charge in [-0.25, -0.2) is 12.8 Å². The minimum Gasteiger partial charge on any atom is -0.470 e. The monoisotopic (exact) mass is 621 g/mol. The van der Waals surface area contributed by atoms with Crippen LogP contribution in [-0.2, 0) is 16.8 Å². The second-order valence-electron chi connectivity index (χ2n) is 10.6. The number of amides is 1. The van der Waals surface area contributed by atoms with E-state index >= 15 is 0 Å². The fourth-order valence-electron chi connectivity index (χ4n) is 5.72. The zero-order valence-electron chi connectivity index (χ0n) is 24.3. The summed E-state index contributed by atoms with van der Waals surface area (Å²) in [5.74, 6) is -0.146. The Morgan fingerprint density at radius 2 is 1.87 bits per heavy atom. The summed E-state index contributed by atoms with van der Waals surface area (Å²) >= 11 is 0. The Bertz CT molecular complexity index is 2350. The maximum Gasteiger partial charge on any atom is 0.255 e. The average molecular weight is 622 g/mol. The predicted molar refractivity (Wildman–Crippen MR) is 168 cm³/mol. The Balaban J connectivity index is 1.49. The summed E-state index contributed by atoms with van der Waals surface area (Å²) in [7, 11) is -0.831. The van der Waals surface area contributed by atoms with Crippen molar-refractivity contribution < 1.29 is 26.8 Å². The van der Waals surface area contributed by atoms with Gasteiger partial charge >= 0.3 is 0 Å². The van der Waals surface area contributed by atoms with Gasteiger partial charge in [0.2, 0.25) is 10.0 Å². The molecule has 1 amide bonds.